The van der Waals surface area contributed by atoms with Crippen LogP contribution in [0.2, 0.25) is 0 Å². The van der Waals surface area contributed by atoms with Gasteiger partial charge in [-0.25, -0.2) is 0 Å². The number of carbonyl (C=O) groups is 3. The molecule has 0 saturated heterocycles. The van der Waals surface area contributed by atoms with Crippen LogP contribution in [0.15, 0.2) is 0 Å². The first-order chi connectivity index (χ1) is 29.2. The second-order valence-electron chi connectivity index (χ2n) is 19.5. The summed E-state index contributed by atoms with van der Waals surface area (Å²) in [5, 5.41) is 0. The van der Waals surface area contributed by atoms with Crippen LogP contribution in [0.25, 0.3) is 0 Å². The van der Waals surface area contributed by atoms with Gasteiger partial charge in [0.05, 0.1) is 0 Å². The van der Waals surface area contributed by atoms with Crippen LogP contribution in [-0.2, 0) is 28.6 Å². The van der Waals surface area contributed by atoms with Crippen LogP contribution in [0, 0.1) is 11.8 Å². The fraction of sp³-hybridized carbons (Fsp3) is 0.944. The molecule has 6 nitrogen and oxygen atoms in total. The van der Waals surface area contributed by atoms with Crippen molar-refractivity contribution in [3.05, 3.63) is 0 Å². The Balaban J connectivity index is 4.24. The van der Waals surface area contributed by atoms with Crippen molar-refractivity contribution in [3.8, 4) is 0 Å². The molecule has 356 valence electrons. The zero-order chi connectivity index (χ0) is 44.0. The Morgan fingerprint density at radius 1 is 0.317 bits per heavy atom. The summed E-state index contributed by atoms with van der Waals surface area (Å²) in [7, 11) is 0. The number of ether oxygens (including phenoxy) is 3. The molecular weight excluding hydrogens is 745 g/mol. The normalized spacial score (nSPS) is 12.1. The Bertz CT molecular complexity index is 916. The fourth-order valence-electron chi connectivity index (χ4n) is 8.17. The standard InChI is InChI=1S/C54H104O6/c1-6-7-8-9-10-11-24-31-36-41-46-54(57)60-51(48-59-53(56)45-40-35-30-26-21-17-19-23-28-33-38-43-50(4)5)47-58-52(55)44-39-34-29-25-20-16-14-12-13-15-18-22-27-32-37-42-49(2)3/h49-51H,6-48H2,1-5H3/t51-/m0/s1. The van der Waals surface area contributed by atoms with E-state index in [1.807, 2.05) is 0 Å². The van der Waals surface area contributed by atoms with Gasteiger partial charge in [-0.15, -0.1) is 0 Å². The topological polar surface area (TPSA) is 78.9 Å². The summed E-state index contributed by atoms with van der Waals surface area (Å²) >= 11 is 0. The third-order valence-corrected chi connectivity index (χ3v) is 12.2. The number of hydrogen-bond acceptors (Lipinski definition) is 6. The highest BCUT2D eigenvalue weighted by atomic mass is 16.6. The Labute approximate surface area is 374 Å². The molecule has 0 aromatic heterocycles. The molecule has 0 aromatic rings. The van der Waals surface area contributed by atoms with E-state index in [0.717, 1.165) is 69.6 Å². The lowest BCUT2D eigenvalue weighted by Gasteiger charge is -2.18. The molecule has 0 aromatic carbocycles. The first-order valence-corrected chi connectivity index (χ1v) is 26.7. The van der Waals surface area contributed by atoms with Crippen molar-refractivity contribution in [2.24, 2.45) is 11.8 Å². The summed E-state index contributed by atoms with van der Waals surface area (Å²) in [6.45, 7) is 11.4. The molecule has 0 amide bonds. The van der Waals surface area contributed by atoms with Crippen molar-refractivity contribution in [1.29, 1.82) is 0 Å². The lowest BCUT2D eigenvalue weighted by molar-refractivity contribution is -0.167. The molecule has 0 N–H and O–H groups in total. The van der Waals surface area contributed by atoms with E-state index in [1.165, 1.54) is 186 Å². The fourth-order valence-corrected chi connectivity index (χ4v) is 8.17. The van der Waals surface area contributed by atoms with Crippen LogP contribution in [-0.4, -0.2) is 37.2 Å². The van der Waals surface area contributed by atoms with E-state index in [1.54, 1.807) is 0 Å². The van der Waals surface area contributed by atoms with Crippen LogP contribution in [0.5, 0.6) is 0 Å². The van der Waals surface area contributed by atoms with Gasteiger partial charge in [0.15, 0.2) is 6.10 Å². The summed E-state index contributed by atoms with van der Waals surface area (Å²) in [5.41, 5.74) is 0. The highest BCUT2D eigenvalue weighted by molar-refractivity contribution is 5.71. The van der Waals surface area contributed by atoms with Gasteiger partial charge in [0.1, 0.15) is 13.2 Å². The lowest BCUT2D eigenvalue weighted by Crippen LogP contribution is -2.30. The Morgan fingerprint density at radius 3 is 0.817 bits per heavy atom. The predicted octanol–water partition coefficient (Wildman–Crippen LogP) is 17.3. The number of esters is 3. The smallest absolute Gasteiger partial charge is 0.306 e. The maximum absolute atomic E-state index is 12.7. The van der Waals surface area contributed by atoms with Gasteiger partial charge in [-0.2, -0.15) is 0 Å². The summed E-state index contributed by atoms with van der Waals surface area (Å²) in [6.07, 6.45) is 48.0. The van der Waals surface area contributed by atoms with Gasteiger partial charge in [0.25, 0.3) is 0 Å². The molecule has 0 unspecified atom stereocenters. The van der Waals surface area contributed by atoms with Crippen molar-refractivity contribution in [2.45, 2.75) is 304 Å². The van der Waals surface area contributed by atoms with Gasteiger partial charge in [-0.3, -0.25) is 14.4 Å². The molecule has 0 fully saturated rings. The highest BCUT2D eigenvalue weighted by Gasteiger charge is 2.19. The molecule has 0 bridgehead atoms. The molecule has 0 aliphatic heterocycles. The summed E-state index contributed by atoms with van der Waals surface area (Å²) < 4.78 is 16.8. The highest BCUT2D eigenvalue weighted by Crippen LogP contribution is 2.18. The summed E-state index contributed by atoms with van der Waals surface area (Å²) in [5.74, 6) is 0.829. The van der Waals surface area contributed by atoms with Crippen molar-refractivity contribution in [2.75, 3.05) is 13.2 Å². The molecule has 60 heavy (non-hydrogen) atoms. The summed E-state index contributed by atoms with van der Waals surface area (Å²) in [4.78, 5) is 37.9. The first kappa shape index (κ1) is 58.4. The van der Waals surface area contributed by atoms with Gasteiger partial charge in [-0.1, -0.05) is 259 Å². The zero-order valence-electron chi connectivity index (χ0n) is 41.1. The van der Waals surface area contributed by atoms with Gasteiger partial charge in [-0.05, 0) is 31.1 Å². The van der Waals surface area contributed by atoms with E-state index in [-0.39, 0.29) is 31.1 Å². The van der Waals surface area contributed by atoms with Gasteiger partial charge >= 0.3 is 17.9 Å². The van der Waals surface area contributed by atoms with Gasteiger partial charge in [0.2, 0.25) is 0 Å². The van der Waals surface area contributed by atoms with Crippen LogP contribution in [0.4, 0.5) is 0 Å². The number of unbranched alkanes of at least 4 members (excludes halogenated alkanes) is 33. The third-order valence-electron chi connectivity index (χ3n) is 12.2. The minimum atomic E-state index is -0.761. The SMILES string of the molecule is CCCCCCCCCCCCC(=O)O[C@@H](COC(=O)CCCCCCCCCCCCCCCCCC(C)C)COC(=O)CCCCCCCCCCCCCC(C)C. The molecule has 0 saturated carbocycles. The predicted molar refractivity (Wildman–Crippen MR) is 256 cm³/mol. The summed E-state index contributed by atoms with van der Waals surface area (Å²) in [6, 6.07) is 0. The quantitative estimate of drug-likeness (QED) is 0.0345. The minimum Gasteiger partial charge on any atom is -0.462 e. The van der Waals surface area contributed by atoms with Crippen molar-refractivity contribution >= 4 is 17.9 Å². The molecule has 0 aliphatic rings. The van der Waals surface area contributed by atoms with E-state index in [9.17, 15) is 14.4 Å². The van der Waals surface area contributed by atoms with Crippen LogP contribution in [0.1, 0.15) is 298 Å². The molecule has 0 rings (SSSR count). The van der Waals surface area contributed by atoms with Crippen molar-refractivity contribution < 1.29 is 28.6 Å². The lowest BCUT2D eigenvalue weighted by atomic mass is 10.0. The first-order valence-electron chi connectivity index (χ1n) is 26.7. The molecule has 0 spiro atoms. The number of carbonyl (C=O) groups excluding carboxylic acids is 3. The second-order valence-corrected chi connectivity index (χ2v) is 19.5. The van der Waals surface area contributed by atoms with Crippen LogP contribution in [0.3, 0.4) is 0 Å². The second kappa shape index (κ2) is 46.9. The Kier molecular flexibility index (Phi) is 45.7. The van der Waals surface area contributed by atoms with Gasteiger partial charge in [0, 0.05) is 19.3 Å². The molecular formula is C54H104O6. The van der Waals surface area contributed by atoms with Gasteiger partial charge < -0.3 is 14.2 Å². The molecule has 0 aliphatic carbocycles. The maximum atomic E-state index is 12.7. The molecule has 6 heteroatoms. The number of hydrogen-bond donors (Lipinski definition) is 0. The average Bonchev–Trinajstić information content (AvgIpc) is 3.22. The van der Waals surface area contributed by atoms with E-state index in [0.29, 0.717) is 19.3 Å². The van der Waals surface area contributed by atoms with Crippen molar-refractivity contribution in [1.82, 2.24) is 0 Å². The van der Waals surface area contributed by atoms with E-state index >= 15 is 0 Å². The zero-order valence-corrected chi connectivity index (χ0v) is 41.1. The van der Waals surface area contributed by atoms with Crippen molar-refractivity contribution in [3.63, 3.8) is 0 Å². The molecule has 0 radical (unpaired) electrons. The largest absolute Gasteiger partial charge is 0.462 e. The van der Waals surface area contributed by atoms with Crippen LogP contribution >= 0.6 is 0 Å². The Morgan fingerprint density at radius 2 is 0.550 bits per heavy atom. The van der Waals surface area contributed by atoms with Crippen LogP contribution < -0.4 is 0 Å². The molecule has 1 atom stereocenters. The average molecular weight is 849 g/mol. The minimum absolute atomic E-state index is 0.0634. The van der Waals surface area contributed by atoms with E-state index < -0.39 is 6.10 Å². The third kappa shape index (κ3) is 47.5. The maximum Gasteiger partial charge on any atom is 0.306 e. The monoisotopic (exact) mass is 849 g/mol. The van der Waals surface area contributed by atoms with E-state index in [2.05, 4.69) is 34.6 Å². The van der Waals surface area contributed by atoms with E-state index in [4.69, 9.17) is 14.2 Å². The Hall–Kier alpha value is -1.59. The number of rotatable bonds is 48. The molecule has 0 heterocycles.